The van der Waals surface area contributed by atoms with Gasteiger partial charge in [0.2, 0.25) is 0 Å². The number of alkyl halides is 9. The average molecular weight is 340 g/mol. The van der Waals surface area contributed by atoms with E-state index in [1.165, 1.54) is 0 Å². The van der Waals surface area contributed by atoms with Crippen molar-refractivity contribution < 1.29 is 49.0 Å². The maximum absolute atomic E-state index is 12.7. The van der Waals surface area contributed by atoms with Crippen molar-refractivity contribution in [3.05, 3.63) is 34.4 Å². The molecule has 0 amide bonds. The molecule has 1 aromatic carbocycles. The van der Waals surface area contributed by atoms with Gasteiger partial charge in [0, 0.05) is 5.56 Å². The summed E-state index contributed by atoms with van der Waals surface area (Å²) in [5.41, 5.74) is -8.05. The number of ether oxygens (including phenoxy) is 1. The highest BCUT2D eigenvalue weighted by Gasteiger charge is 2.44. The largest absolute Gasteiger partial charge is 0.463 e. The van der Waals surface area contributed by atoms with Crippen molar-refractivity contribution in [1.29, 1.82) is 0 Å². The van der Waals surface area contributed by atoms with Gasteiger partial charge in [-0.15, -0.1) is 0 Å². The molecular formula is C11H5F9O2. The molecule has 0 atom stereocenters. The number of hydrogen-bond acceptors (Lipinski definition) is 2. The Labute approximate surface area is 116 Å². The van der Waals surface area contributed by atoms with Crippen molar-refractivity contribution in [2.24, 2.45) is 0 Å². The zero-order valence-corrected chi connectivity index (χ0v) is 10.2. The fourth-order valence-corrected chi connectivity index (χ4v) is 1.61. The van der Waals surface area contributed by atoms with Gasteiger partial charge in [-0.25, -0.2) is 0 Å². The van der Waals surface area contributed by atoms with Gasteiger partial charge < -0.3 is 4.74 Å². The van der Waals surface area contributed by atoms with Gasteiger partial charge in [-0.05, 0) is 12.1 Å². The SMILES string of the molecule is O=COCc1c(C(F)(F)F)cc(C(F)(F)F)cc1C(F)(F)F. The zero-order valence-electron chi connectivity index (χ0n) is 10.2. The molecular weight excluding hydrogens is 335 g/mol. The van der Waals surface area contributed by atoms with Crippen molar-refractivity contribution >= 4 is 6.47 Å². The average Bonchev–Trinajstić information content (AvgIpc) is 2.31. The van der Waals surface area contributed by atoms with Crippen LogP contribution >= 0.6 is 0 Å². The number of halogens is 9. The molecule has 11 heteroatoms. The Morgan fingerprint density at radius 2 is 1.23 bits per heavy atom. The summed E-state index contributed by atoms with van der Waals surface area (Å²) in [6, 6.07) is -0.919. The third kappa shape index (κ3) is 4.04. The van der Waals surface area contributed by atoms with Crippen LogP contribution in [0.4, 0.5) is 39.5 Å². The monoisotopic (exact) mass is 340 g/mol. The molecule has 0 aromatic heterocycles. The molecule has 0 radical (unpaired) electrons. The molecule has 1 rings (SSSR count). The van der Waals surface area contributed by atoms with Gasteiger partial charge in [-0.2, -0.15) is 39.5 Å². The van der Waals surface area contributed by atoms with Crippen molar-refractivity contribution in [3.8, 4) is 0 Å². The summed E-state index contributed by atoms with van der Waals surface area (Å²) in [5, 5.41) is 0. The summed E-state index contributed by atoms with van der Waals surface area (Å²) in [6.45, 7) is -1.89. The molecule has 2 nitrogen and oxygen atoms in total. The Morgan fingerprint density at radius 3 is 1.50 bits per heavy atom. The topological polar surface area (TPSA) is 26.3 Å². The summed E-state index contributed by atoms with van der Waals surface area (Å²) in [6.07, 6.45) is -16.4. The molecule has 0 unspecified atom stereocenters. The van der Waals surface area contributed by atoms with Gasteiger partial charge in [0.1, 0.15) is 6.61 Å². The van der Waals surface area contributed by atoms with E-state index in [-0.39, 0.29) is 0 Å². The van der Waals surface area contributed by atoms with Crippen LogP contribution in [0, 0.1) is 0 Å². The maximum atomic E-state index is 12.7. The highest BCUT2D eigenvalue weighted by atomic mass is 19.4. The van der Waals surface area contributed by atoms with Gasteiger partial charge in [-0.1, -0.05) is 0 Å². The van der Waals surface area contributed by atoms with E-state index in [1.807, 2.05) is 0 Å². The van der Waals surface area contributed by atoms with Gasteiger partial charge >= 0.3 is 18.5 Å². The van der Waals surface area contributed by atoms with Crippen LogP contribution in [-0.4, -0.2) is 6.47 Å². The second-order valence-electron chi connectivity index (χ2n) is 3.95. The molecule has 0 fully saturated rings. The molecule has 0 spiro atoms. The Hall–Kier alpha value is -1.94. The molecule has 0 N–H and O–H groups in total. The Bertz CT molecular complexity index is 519. The lowest BCUT2D eigenvalue weighted by Gasteiger charge is -2.20. The molecule has 0 heterocycles. The van der Waals surface area contributed by atoms with Gasteiger partial charge in [-0.3, -0.25) is 4.79 Å². The number of rotatable bonds is 3. The van der Waals surface area contributed by atoms with Crippen LogP contribution in [0.2, 0.25) is 0 Å². The van der Waals surface area contributed by atoms with E-state index < -0.39 is 66.0 Å². The first-order valence-electron chi connectivity index (χ1n) is 5.22. The van der Waals surface area contributed by atoms with E-state index in [2.05, 4.69) is 4.74 Å². The molecule has 0 saturated carbocycles. The van der Waals surface area contributed by atoms with E-state index in [4.69, 9.17) is 0 Å². The van der Waals surface area contributed by atoms with Gasteiger partial charge in [0.05, 0.1) is 16.7 Å². The lowest BCUT2D eigenvalue weighted by atomic mass is 9.96. The highest BCUT2D eigenvalue weighted by Crippen LogP contribution is 2.43. The third-order valence-electron chi connectivity index (χ3n) is 2.48. The van der Waals surface area contributed by atoms with E-state index in [0.29, 0.717) is 0 Å². The maximum Gasteiger partial charge on any atom is 0.416 e. The Morgan fingerprint density at radius 1 is 0.818 bits per heavy atom. The van der Waals surface area contributed by atoms with Gasteiger partial charge in [0.15, 0.2) is 0 Å². The minimum absolute atomic E-state index is 0.419. The first-order valence-corrected chi connectivity index (χ1v) is 5.22. The minimum atomic E-state index is -5.50. The Balaban J connectivity index is 3.73. The van der Waals surface area contributed by atoms with Crippen LogP contribution in [0.15, 0.2) is 12.1 Å². The third-order valence-corrected chi connectivity index (χ3v) is 2.48. The van der Waals surface area contributed by atoms with Crippen LogP contribution in [-0.2, 0) is 34.7 Å². The first-order chi connectivity index (χ1) is 9.78. The molecule has 0 aliphatic heterocycles. The van der Waals surface area contributed by atoms with Crippen LogP contribution in [0.3, 0.4) is 0 Å². The van der Waals surface area contributed by atoms with Crippen LogP contribution in [0.5, 0.6) is 0 Å². The lowest BCUT2D eigenvalue weighted by Crippen LogP contribution is -2.20. The van der Waals surface area contributed by atoms with Crippen LogP contribution < -0.4 is 0 Å². The lowest BCUT2D eigenvalue weighted by molar-refractivity contribution is -0.151. The standard InChI is InChI=1S/C11H5F9O2/c12-9(13,14)5-1-7(10(15,16)17)6(3-22-4-21)8(2-5)11(18,19)20/h1-2,4H,3H2. The summed E-state index contributed by atoms with van der Waals surface area (Å²) < 4.78 is 118. The number of benzene rings is 1. The smallest absolute Gasteiger partial charge is 0.416 e. The molecule has 0 bridgehead atoms. The summed E-state index contributed by atoms with van der Waals surface area (Å²) >= 11 is 0. The molecule has 0 saturated heterocycles. The summed E-state index contributed by atoms with van der Waals surface area (Å²) in [4.78, 5) is 9.96. The number of carbonyl (C=O) groups excluding carboxylic acids is 1. The number of hydrogen-bond donors (Lipinski definition) is 0. The molecule has 0 aliphatic rings. The van der Waals surface area contributed by atoms with Crippen molar-refractivity contribution in [3.63, 3.8) is 0 Å². The molecule has 124 valence electrons. The number of carbonyl (C=O) groups is 1. The predicted molar refractivity (Wildman–Crippen MR) is 52.3 cm³/mol. The molecule has 0 aliphatic carbocycles. The van der Waals surface area contributed by atoms with E-state index in [0.717, 1.165) is 0 Å². The van der Waals surface area contributed by atoms with E-state index >= 15 is 0 Å². The van der Waals surface area contributed by atoms with Crippen LogP contribution in [0.25, 0.3) is 0 Å². The van der Waals surface area contributed by atoms with Gasteiger partial charge in [0.25, 0.3) is 6.47 Å². The minimum Gasteiger partial charge on any atom is -0.463 e. The second-order valence-corrected chi connectivity index (χ2v) is 3.95. The fourth-order valence-electron chi connectivity index (χ4n) is 1.61. The van der Waals surface area contributed by atoms with Crippen molar-refractivity contribution in [1.82, 2.24) is 0 Å². The van der Waals surface area contributed by atoms with Crippen molar-refractivity contribution in [2.75, 3.05) is 0 Å². The second kappa shape index (κ2) is 5.69. The Kier molecular flexibility index (Phi) is 4.68. The fraction of sp³-hybridized carbons (Fsp3) is 0.364. The van der Waals surface area contributed by atoms with E-state index in [9.17, 15) is 44.3 Å². The normalized spacial score (nSPS) is 13.1. The molecule has 22 heavy (non-hydrogen) atoms. The first kappa shape index (κ1) is 18.1. The zero-order chi connectivity index (χ0) is 17.3. The quantitative estimate of drug-likeness (QED) is 0.602. The summed E-state index contributed by atoms with van der Waals surface area (Å²) in [7, 11) is 0. The highest BCUT2D eigenvalue weighted by molar-refractivity contribution is 5.45. The van der Waals surface area contributed by atoms with Crippen LogP contribution in [0.1, 0.15) is 22.3 Å². The molecule has 1 aromatic rings. The summed E-state index contributed by atoms with van der Waals surface area (Å²) in [5.74, 6) is 0. The van der Waals surface area contributed by atoms with Crippen molar-refractivity contribution in [2.45, 2.75) is 25.1 Å². The predicted octanol–water partition coefficient (Wildman–Crippen LogP) is 4.42. The van der Waals surface area contributed by atoms with E-state index in [1.54, 1.807) is 0 Å².